The Morgan fingerprint density at radius 3 is 2.48 bits per heavy atom. The number of carboxylic acids is 1. The molecule has 0 aliphatic carbocycles. The molecule has 5 heteroatoms. The highest BCUT2D eigenvalue weighted by atomic mass is 19.1. The van der Waals surface area contributed by atoms with E-state index < -0.39 is 11.8 Å². The number of anilines is 1. The molecule has 0 amide bonds. The third-order valence-electron chi connectivity index (χ3n) is 2.96. The summed E-state index contributed by atoms with van der Waals surface area (Å²) in [4.78, 5) is 10.6. The standard InChI is InChI=1S/C16H13FN2O2/c17-14-5-6-15(13(8-14)9-18)19-10-12-3-1-11(2-4-12)7-16(20)21/h1-6,8,19H,7,10H2,(H,20,21). The first kappa shape index (κ1) is 14.5. The fourth-order valence-electron chi connectivity index (χ4n) is 1.91. The number of nitrogens with zero attached hydrogens (tertiary/aromatic N) is 1. The van der Waals surface area contributed by atoms with Crippen molar-refractivity contribution in [3.63, 3.8) is 0 Å². The first-order valence-electron chi connectivity index (χ1n) is 6.31. The summed E-state index contributed by atoms with van der Waals surface area (Å²) < 4.78 is 13.0. The van der Waals surface area contributed by atoms with E-state index in [-0.39, 0.29) is 12.0 Å². The molecule has 2 N–H and O–H groups in total. The average molecular weight is 284 g/mol. The van der Waals surface area contributed by atoms with Crippen molar-refractivity contribution in [3.8, 4) is 6.07 Å². The summed E-state index contributed by atoms with van der Waals surface area (Å²) in [5.41, 5.74) is 2.48. The molecule has 2 rings (SSSR count). The van der Waals surface area contributed by atoms with Gasteiger partial charge in [-0.3, -0.25) is 4.79 Å². The Morgan fingerprint density at radius 2 is 1.86 bits per heavy atom. The van der Waals surface area contributed by atoms with Crippen LogP contribution in [0.5, 0.6) is 0 Å². The number of benzene rings is 2. The summed E-state index contributed by atoms with van der Waals surface area (Å²) >= 11 is 0. The zero-order valence-electron chi connectivity index (χ0n) is 11.1. The molecule has 0 spiro atoms. The molecule has 106 valence electrons. The molecule has 0 atom stereocenters. The van der Waals surface area contributed by atoms with Crippen LogP contribution in [-0.4, -0.2) is 11.1 Å². The van der Waals surface area contributed by atoms with Crippen LogP contribution in [0.4, 0.5) is 10.1 Å². The number of halogens is 1. The van der Waals surface area contributed by atoms with Crippen molar-refractivity contribution >= 4 is 11.7 Å². The maximum absolute atomic E-state index is 13.0. The molecule has 0 radical (unpaired) electrons. The molecule has 0 fully saturated rings. The Hall–Kier alpha value is -2.87. The zero-order chi connectivity index (χ0) is 15.2. The van der Waals surface area contributed by atoms with Gasteiger partial charge in [-0.1, -0.05) is 24.3 Å². The third kappa shape index (κ3) is 4.05. The minimum Gasteiger partial charge on any atom is -0.481 e. The van der Waals surface area contributed by atoms with Crippen LogP contribution < -0.4 is 5.32 Å². The van der Waals surface area contributed by atoms with Gasteiger partial charge in [-0.25, -0.2) is 4.39 Å². The van der Waals surface area contributed by atoms with Gasteiger partial charge >= 0.3 is 5.97 Å². The maximum Gasteiger partial charge on any atom is 0.307 e. The Balaban J connectivity index is 2.03. The van der Waals surface area contributed by atoms with Crippen LogP contribution in [0.25, 0.3) is 0 Å². The predicted octanol–water partition coefficient (Wildman–Crippen LogP) is 2.94. The lowest BCUT2D eigenvalue weighted by atomic mass is 10.1. The molecule has 0 bridgehead atoms. The third-order valence-corrected chi connectivity index (χ3v) is 2.96. The molecule has 0 saturated carbocycles. The number of nitrogens with one attached hydrogen (secondary N) is 1. The first-order chi connectivity index (χ1) is 10.1. The fourth-order valence-corrected chi connectivity index (χ4v) is 1.91. The number of carbonyl (C=O) groups is 1. The van der Waals surface area contributed by atoms with E-state index in [1.807, 2.05) is 18.2 Å². The van der Waals surface area contributed by atoms with Gasteiger partial charge in [0, 0.05) is 6.54 Å². The fraction of sp³-hybridized carbons (Fsp3) is 0.125. The SMILES string of the molecule is N#Cc1cc(F)ccc1NCc1ccc(CC(=O)O)cc1. The van der Waals surface area contributed by atoms with Gasteiger partial charge in [0.1, 0.15) is 11.9 Å². The van der Waals surface area contributed by atoms with E-state index in [0.29, 0.717) is 12.2 Å². The zero-order valence-corrected chi connectivity index (χ0v) is 11.1. The summed E-state index contributed by atoms with van der Waals surface area (Å²) in [7, 11) is 0. The molecule has 0 aliphatic rings. The lowest BCUT2D eigenvalue weighted by Gasteiger charge is -2.09. The molecule has 21 heavy (non-hydrogen) atoms. The molecule has 4 nitrogen and oxygen atoms in total. The van der Waals surface area contributed by atoms with Crippen LogP contribution in [0.3, 0.4) is 0 Å². The molecule has 0 aromatic heterocycles. The van der Waals surface area contributed by atoms with Gasteiger partial charge in [-0.05, 0) is 29.3 Å². The number of hydrogen-bond acceptors (Lipinski definition) is 3. The minimum absolute atomic E-state index is 0.00967. The van der Waals surface area contributed by atoms with E-state index in [0.717, 1.165) is 11.1 Å². The summed E-state index contributed by atoms with van der Waals surface area (Å²) in [5.74, 6) is -1.32. The van der Waals surface area contributed by atoms with Crippen molar-refractivity contribution in [2.75, 3.05) is 5.32 Å². The summed E-state index contributed by atoms with van der Waals surface area (Å²) in [6.07, 6.45) is -0.00967. The number of carboxylic acid groups (broad SMARTS) is 1. The van der Waals surface area contributed by atoms with Crippen molar-refractivity contribution in [1.82, 2.24) is 0 Å². The highest BCUT2D eigenvalue weighted by Gasteiger charge is 2.04. The number of rotatable bonds is 5. The summed E-state index contributed by atoms with van der Waals surface area (Å²) in [6.45, 7) is 0.466. The van der Waals surface area contributed by atoms with Gasteiger partial charge in [0.15, 0.2) is 0 Å². The van der Waals surface area contributed by atoms with Gasteiger partial charge < -0.3 is 10.4 Å². The van der Waals surface area contributed by atoms with Crippen LogP contribution in [0.1, 0.15) is 16.7 Å². The Morgan fingerprint density at radius 1 is 1.19 bits per heavy atom. The lowest BCUT2D eigenvalue weighted by molar-refractivity contribution is -0.136. The molecular weight excluding hydrogens is 271 g/mol. The van der Waals surface area contributed by atoms with E-state index in [9.17, 15) is 9.18 Å². The van der Waals surface area contributed by atoms with Gasteiger partial charge in [0.05, 0.1) is 17.7 Å². The van der Waals surface area contributed by atoms with Crippen molar-refractivity contribution in [2.45, 2.75) is 13.0 Å². The number of hydrogen-bond donors (Lipinski definition) is 2. The van der Waals surface area contributed by atoms with Gasteiger partial charge in [0.2, 0.25) is 0 Å². The normalized spacial score (nSPS) is 9.90. The van der Waals surface area contributed by atoms with Gasteiger partial charge in [-0.2, -0.15) is 5.26 Å². The van der Waals surface area contributed by atoms with Crippen LogP contribution in [0, 0.1) is 17.1 Å². The number of aliphatic carboxylic acids is 1. The average Bonchev–Trinajstić information content (AvgIpc) is 2.46. The second kappa shape index (κ2) is 6.53. The van der Waals surface area contributed by atoms with Crippen LogP contribution in [-0.2, 0) is 17.8 Å². The van der Waals surface area contributed by atoms with Crippen molar-refractivity contribution < 1.29 is 14.3 Å². The molecule has 2 aromatic rings. The summed E-state index contributed by atoms with van der Waals surface area (Å²) in [6, 6.07) is 13.1. The van der Waals surface area contributed by atoms with E-state index in [2.05, 4.69) is 5.32 Å². The first-order valence-corrected chi connectivity index (χ1v) is 6.31. The second-order valence-electron chi connectivity index (χ2n) is 4.54. The highest BCUT2D eigenvalue weighted by Crippen LogP contribution is 2.17. The molecule has 2 aromatic carbocycles. The van der Waals surface area contributed by atoms with E-state index in [4.69, 9.17) is 10.4 Å². The topological polar surface area (TPSA) is 73.1 Å². The van der Waals surface area contributed by atoms with Crippen LogP contribution >= 0.6 is 0 Å². The molecule has 0 heterocycles. The van der Waals surface area contributed by atoms with Gasteiger partial charge in [0.25, 0.3) is 0 Å². The van der Waals surface area contributed by atoms with E-state index in [1.54, 1.807) is 12.1 Å². The Bertz CT molecular complexity index is 690. The minimum atomic E-state index is -0.870. The molecule has 0 saturated heterocycles. The largest absolute Gasteiger partial charge is 0.481 e. The van der Waals surface area contributed by atoms with E-state index in [1.165, 1.54) is 18.2 Å². The predicted molar refractivity (Wildman–Crippen MR) is 76.2 cm³/mol. The summed E-state index contributed by atoms with van der Waals surface area (Å²) in [5, 5.41) is 20.7. The second-order valence-corrected chi connectivity index (χ2v) is 4.54. The van der Waals surface area contributed by atoms with Crippen molar-refractivity contribution in [1.29, 1.82) is 5.26 Å². The quantitative estimate of drug-likeness (QED) is 0.885. The lowest BCUT2D eigenvalue weighted by Crippen LogP contribution is -2.03. The van der Waals surface area contributed by atoms with Crippen LogP contribution in [0.2, 0.25) is 0 Å². The Labute approximate surface area is 121 Å². The van der Waals surface area contributed by atoms with Crippen LogP contribution in [0.15, 0.2) is 42.5 Å². The maximum atomic E-state index is 13.0. The Kier molecular flexibility index (Phi) is 4.52. The molecule has 0 aliphatic heterocycles. The number of nitriles is 1. The monoisotopic (exact) mass is 284 g/mol. The highest BCUT2D eigenvalue weighted by molar-refractivity contribution is 5.70. The van der Waals surface area contributed by atoms with E-state index >= 15 is 0 Å². The molecular formula is C16H13FN2O2. The molecule has 0 unspecified atom stereocenters. The van der Waals surface area contributed by atoms with Crippen molar-refractivity contribution in [3.05, 3.63) is 65.0 Å². The van der Waals surface area contributed by atoms with Gasteiger partial charge in [-0.15, -0.1) is 0 Å². The van der Waals surface area contributed by atoms with Crippen molar-refractivity contribution in [2.24, 2.45) is 0 Å². The smallest absolute Gasteiger partial charge is 0.307 e.